The standard InChI is InChI=1S/C18H26Cl2OSi/c1-18(2,3)22(4,5)11-9-7-6-8-10-14-12-15(19)17(21)16(20)13-14/h7,11-13,21H,6,8,10H2,1-5H3. The molecule has 0 saturated heterocycles. The monoisotopic (exact) mass is 356 g/mol. The number of halogens is 2. The lowest BCUT2D eigenvalue weighted by atomic mass is 10.1. The van der Waals surface area contributed by atoms with Gasteiger partial charge in [-0.3, -0.25) is 0 Å². The number of aromatic hydroxyl groups is 1. The molecule has 1 rings (SSSR count). The number of benzene rings is 1. The van der Waals surface area contributed by atoms with Crippen LogP contribution in [0.4, 0.5) is 0 Å². The van der Waals surface area contributed by atoms with Crippen LogP contribution in [0.2, 0.25) is 28.2 Å². The first-order valence-corrected chi connectivity index (χ1v) is 11.5. The summed E-state index contributed by atoms with van der Waals surface area (Å²) in [6.45, 7) is 11.6. The van der Waals surface area contributed by atoms with Gasteiger partial charge in [0.25, 0.3) is 0 Å². The molecule has 0 aliphatic rings. The smallest absolute Gasteiger partial charge is 0.152 e. The Morgan fingerprint density at radius 1 is 1.18 bits per heavy atom. The molecule has 0 amide bonds. The Morgan fingerprint density at radius 3 is 2.23 bits per heavy atom. The number of aryl methyl sites for hydroxylation is 1. The molecule has 0 spiro atoms. The van der Waals surface area contributed by atoms with E-state index in [-0.39, 0.29) is 5.75 Å². The molecule has 0 bridgehead atoms. The Hall–Kier alpha value is -0.663. The molecule has 0 aromatic heterocycles. The quantitative estimate of drug-likeness (QED) is 0.350. The third-order valence-corrected chi connectivity index (χ3v) is 9.72. The van der Waals surface area contributed by atoms with Crippen LogP contribution in [0, 0.1) is 0 Å². The predicted octanol–water partition coefficient (Wildman–Crippen LogP) is 6.78. The lowest BCUT2D eigenvalue weighted by Gasteiger charge is -2.33. The summed E-state index contributed by atoms with van der Waals surface area (Å²) in [4.78, 5) is 0. The zero-order valence-electron chi connectivity index (χ0n) is 14.1. The van der Waals surface area contributed by atoms with Crippen molar-refractivity contribution in [2.24, 2.45) is 0 Å². The van der Waals surface area contributed by atoms with E-state index in [1.54, 1.807) is 12.1 Å². The van der Waals surface area contributed by atoms with E-state index in [4.69, 9.17) is 23.2 Å². The molecule has 0 unspecified atom stereocenters. The van der Waals surface area contributed by atoms with Crippen molar-refractivity contribution in [3.63, 3.8) is 0 Å². The van der Waals surface area contributed by atoms with Crippen molar-refractivity contribution in [1.82, 2.24) is 0 Å². The molecule has 1 aromatic carbocycles. The van der Waals surface area contributed by atoms with Crippen LogP contribution in [0.3, 0.4) is 0 Å². The highest BCUT2D eigenvalue weighted by molar-refractivity contribution is 6.84. The number of hydrogen-bond acceptors (Lipinski definition) is 1. The molecule has 122 valence electrons. The molecule has 0 heterocycles. The third-order valence-electron chi connectivity index (χ3n) is 4.39. The summed E-state index contributed by atoms with van der Waals surface area (Å²) in [6.07, 6.45) is 4.99. The fraction of sp³-hybridized carbons (Fsp3) is 0.500. The Morgan fingerprint density at radius 2 is 1.73 bits per heavy atom. The fourth-order valence-electron chi connectivity index (χ4n) is 1.74. The average molecular weight is 357 g/mol. The molecule has 1 N–H and O–H groups in total. The van der Waals surface area contributed by atoms with Crippen molar-refractivity contribution in [3.05, 3.63) is 45.2 Å². The van der Waals surface area contributed by atoms with Crippen LogP contribution in [0.25, 0.3) is 0 Å². The van der Waals surface area contributed by atoms with Gasteiger partial charge in [-0.1, -0.05) is 62.8 Å². The lowest BCUT2D eigenvalue weighted by Crippen LogP contribution is -2.34. The van der Waals surface area contributed by atoms with E-state index in [1.165, 1.54) is 0 Å². The topological polar surface area (TPSA) is 20.2 Å². The fourth-order valence-corrected chi connectivity index (χ4v) is 3.24. The Labute approximate surface area is 145 Å². The highest BCUT2D eigenvalue weighted by atomic mass is 35.5. The van der Waals surface area contributed by atoms with Crippen molar-refractivity contribution in [2.75, 3.05) is 0 Å². The molecule has 4 heteroatoms. The number of hydrogen-bond donors (Lipinski definition) is 1. The van der Waals surface area contributed by atoms with E-state index in [9.17, 15) is 5.11 Å². The highest BCUT2D eigenvalue weighted by Gasteiger charge is 2.32. The normalized spacial score (nSPS) is 12.0. The number of unbranched alkanes of at least 4 members (excludes halogenated alkanes) is 1. The maximum atomic E-state index is 9.53. The first kappa shape index (κ1) is 19.4. The van der Waals surface area contributed by atoms with Gasteiger partial charge in [0, 0.05) is 0 Å². The summed E-state index contributed by atoms with van der Waals surface area (Å²) in [5.74, 6) is -0.0377. The van der Waals surface area contributed by atoms with Crippen molar-refractivity contribution in [1.29, 1.82) is 0 Å². The van der Waals surface area contributed by atoms with Gasteiger partial charge in [0.2, 0.25) is 0 Å². The van der Waals surface area contributed by atoms with Gasteiger partial charge in [0.1, 0.15) is 0 Å². The van der Waals surface area contributed by atoms with Crippen LogP contribution in [0.15, 0.2) is 29.6 Å². The first-order chi connectivity index (χ1) is 10.0. The van der Waals surface area contributed by atoms with E-state index < -0.39 is 8.07 Å². The van der Waals surface area contributed by atoms with Gasteiger partial charge in [0.15, 0.2) is 5.75 Å². The molecule has 1 aromatic rings. The lowest BCUT2D eigenvalue weighted by molar-refractivity contribution is 0.475. The van der Waals surface area contributed by atoms with Gasteiger partial charge in [0.05, 0.1) is 18.1 Å². The second-order valence-electron chi connectivity index (χ2n) is 7.29. The van der Waals surface area contributed by atoms with E-state index in [2.05, 4.69) is 51.4 Å². The van der Waals surface area contributed by atoms with Crippen LogP contribution in [-0.2, 0) is 6.42 Å². The van der Waals surface area contributed by atoms with Crippen LogP contribution >= 0.6 is 23.2 Å². The van der Waals surface area contributed by atoms with Crippen LogP contribution in [0.5, 0.6) is 5.75 Å². The van der Waals surface area contributed by atoms with E-state index >= 15 is 0 Å². The Kier molecular flexibility index (Phi) is 6.82. The largest absolute Gasteiger partial charge is 0.505 e. The van der Waals surface area contributed by atoms with Crippen molar-refractivity contribution in [3.8, 4) is 5.75 Å². The molecule has 0 fully saturated rings. The summed E-state index contributed by atoms with van der Waals surface area (Å²) in [5, 5.41) is 10.5. The molecular weight excluding hydrogens is 331 g/mol. The molecule has 0 radical (unpaired) electrons. The summed E-state index contributed by atoms with van der Waals surface area (Å²) >= 11 is 11.8. The molecule has 1 nitrogen and oxygen atoms in total. The molecule has 0 atom stereocenters. The highest BCUT2D eigenvalue weighted by Crippen LogP contribution is 2.36. The van der Waals surface area contributed by atoms with Crippen LogP contribution in [-0.4, -0.2) is 13.2 Å². The van der Waals surface area contributed by atoms with E-state index in [1.807, 2.05) is 0 Å². The van der Waals surface area contributed by atoms with E-state index in [0.29, 0.717) is 15.1 Å². The summed E-state index contributed by atoms with van der Waals surface area (Å²) < 4.78 is 0. The first-order valence-electron chi connectivity index (χ1n) is 7.63. The van der Waals surface area contributed by atoms with Gasteiger partial charge in [-0.15, -0.1) is 5.73 Å². The number of allylic oxidation sites excluding steroid dienone is 1. The predicted molar refractivity (Wildman–Crippen MR) is 101 cm³/mol. The van der Waals surface area contributed by atoms with Crippen molar-refractivity contribution in [2.45, 2.75) is 58.2 Å². The molecule has 0 aliphatic carbocycles. The van der Waals surface area contributed by atoms with E-state index in [0.717, 1.165) is 24.8 Å². The maximum absolute atomic E-state index is 9.53. The van der Waals surface area contributed by atoms with Crippen molar-refractivity contribution >= 4 is 31.3 Å². The summed E-state index contributed by atoms with van der Waals surface area (Å²) in [5.41, 5.74) is 6.71. The van der Waals surface area contributed by atoms with Crippen LogP contribution < -0.4 is 0 Å². The molecule has 0 aliphatic heterocycles. The minimum Gasteiger partial charge on any atom is -0.505 e. The van der Waals surface area contributed by atoms with Gasteiger partial charge in [-0.05, 0) is 48.1 Å². The van der Waals surface area contributed by atoms with Gasteiger partial charge >= 0.3 is 0 Å². The minimum atomic E-state index is -1.38. The Bertz CT molecular complexity index is 556. The third kappa shape index (κ3) is 5.51. The second kappa shape index (κ2) is 7.74. The van der Waals surface area contributed by atoms with Gasteiger partial charge < -0.3 is 5.11 Å². The van der Waals surface area contributed by atoms with Gasteiger partial charge in [-0.25, -0.2) is 0 Å². The minimum absolute atomic E-state index is 0.0377. The summed E-state index contributed by atoms with van der Waals surface area (Å²) in [7, 11) is -1.38. The summed E-state index contributed by atoms with van der Waals surface area (Å²) in [6, 6.07) is 3.55. The molecule has 22 heavy (non-hydrogen) atoms. The number of rotatable bonds is 5. The molecular formula is C18H26Cl2OSi. The van der Waals surface area contributed by atoms with Gasteiger partial charge in [-0.2, -0.15) is 0 Å². The average Bonchev–Trinajstić information content (AvgIpc) is 2.38. The SMILES string of the molecule is CC(C)(C)[Si](C)(C)C=C=CCCCc1cc(Cl)c(O)c(Cl)c1. The van der Waals surface area contributed by atoms with Crippen LogP contribution in [0.1, 0.15) is 39.2 Å². The zero-order valence-corrected chi connectivity index (χ0v) is 16.6. The Balaban J connectivity index is 2.54. The number of phenols is 1. The number of phenolic OH excluding ortho intramolecular Hbond substituents is 1. The maximum Gasteiger partial charge on any atom is 0.152 e. The van der Waals surface area contributed by atoms with Crippen molar-refractivity contribution < 1.29 is 5.11 Å². The zero-order chi connectivity index (χ0) is 17.0. The second-order valence-corrected chi connectivity index (χ2v) is 13.3. The molecule has 0 saturated carbocycles.